The van der Waals surface area contributed by atoms with Crippen LogP contribution in [-0.2, 0) is 6.54 Å². The second-order valence-corrected chi connectivity index (χ2v) is 6.02. The van der Waals surface area contributed by atoms with Crippen molar-refractivity contribution in [2.45, 2.75) is 33.4 Å². The van der Waals surface area contributed by atoms with Gasteiger partial charge in [-0.1, -0.05) is 18.2 Å². The summed E-state index contributed by atoms with van der Waals surface area (Å²) in [7, 11) is 0. The number of benzene rings is 2. The molecule has 0 saturated heterocycles. The third kappa shape index (κ3) is 2.33. The van der Waals surface area contributed by atoms with Crippen LogP contribution in [0.5, 0.6) is 0 Å². The molecule has 0 aliphatic heterocycles. The van der Waals surface area contributed by atoms with E-state index in [1.165, 1.54) is 21.8 Å². The third-order valence-corrected chi connectivity index (χ3v) is 4.38. The molecule has 2 heterocycles. The molecular weight excluding hydrogens is 300 g/mol. The molecule has 0 bridgehead atoms. The summed E-state index contributed by atoms with van der Waals surface area (Å²) in [4.78, 5) is 0. The Hall–Kier alpha value is -2.82. The topological polar surface area (TPSA) is 55.9 Å². The summed E-state index contributed by atoms with van der Waals surface area (Å²) in [6.45, 7) is 6.95. The zero-order chi connectivity index (χ0) is 16.7. The van der Waals surface area contributed by atoms with E-state index < -0.39 is 0 Å². The summed E-state index contributed by atoms with van der Waals surface area (Å²) in [6, 6.07) is 15.0. The van der Waals surface area contributed by atoms with Gasteiger partial charge in [-0.15, -0.1) is 10.2 Å². The van der Waals surface area contributed by atoms with Crippen molar-refractivity contribution >= 4 is 27.5 Å². The maximum Gasteiger partial charge on any atom is 0.238 e. The first-order valence-electron chi connectivity index (χ1n) is 8.25. The highest BCUT2D eigenvalue weighted by molar-refractivity contribution is 6.09. The summed E-state index contributed by atoms with van der Waals surface area (Å²) in [5, 5.41) is 14.0. The van der Waals surface area contributed by atoms with Gasteiger partial charge in [-0.05, 0) is 38.1 Å². The Morgan fingerprint density at radius 3 is 2.62 bits per heavy atom. The van der Waals surface area contributed by atoms with E-state index in [4.69, 9.17) is 4.42 Å². The van der Waals surface area contributed by atoms with Crippen LogP contribution < -0.4 is 5.32 Å². The Kier molecular flexibility index (Phi) is 3.49. The van der Waals surface area contributed by atoms with Crippen molar-refractivity contribution in [1.29, 1.82) is 0 Å². The minimum absolute atomic E-state index is 0.0387. The first-order chi connectivity index (χ1) is 11.7. The number of para-hydroxylation sites is 1. The second kappa shape index (κ2) is 5.67. The molecule has 0 aliphatic carbocycles. The number of nitrogens with zero attached hydrogens (tertiary/aromatic N) is 3. The van der Waals surface area contributed by atoms with E-state index in [1.807, 2.05) is 6.92 Å². The Bertz CT molecular complexity index is 1010. The molecule has 5 heteroatoms. The largest absolute Gasteiger partial charge is 0.423 e. The maximum atomic E-state index is 5.51. The standard InChI is InChI=1S/C19H20N4O/c1-4-23-17-8-6-5-7-15(17)16-11-14(9-10-18(16)23)20-12(2)19-22-21-13(3)24-19/h5-12,20H,4H2,1-3H3/t12-/m0/s1. The van der Waals surface area contributed by atoms with Gasteiger partial charge in [-0.2, -0.15) is 0 Å². The first kappa shape index (κ1) is 14.8. The Morgan fingerprint density at radius 2 is 1.88 bits per heavy atom. The quantitative estimate of drug-likeness (QED) is 0.593. The average Bonchev–Trinajstić information content (AvgIpc) is 3.16. The highest BCUT2D eigenvalue weighted by atomic mass is 16.4. The third-order valence-electron chi connectivity index (χ3n) is 4.38. The molecule has 2 aromatic carbocycles. The van der Waals surface area contributed by atoms with Gasteiger partial charge in [0.2, 0.25) is 11.8 Å². The van der Waals surface area contributed by atoms with Gasteiger partial charge in [0, 0.05) is 41.0 Å². The lowest BCUT2D eigenvalue weighted by molar-refractivity contribution is 0.451. The number of hydrogen-bond donors (Lipinski definition) is 1. The van der Waals surface area contributed by atoms with Crippen molar-refractivity contribution in [1.82, 2.24) is 14.8 Å². The molecule has 4 aromatic rings. The van der Waals surface area contributed by atoms with E-state index in [0.29, 0.717) is 11.8 Å². The van der Waals surface area contributed by atoms with Crippen LogP contribution >= 0.6 is 0 Å². The predicted octanol–water partition coefficient (Wildman–Crippen LogP) is 4.68. The highest BCUT2D eigenvalue weighted by Gasteiger charge is 2.14. The van der Waals surface area contributed by atoms with Crippen LogP contribution in [0.4, 0.5) is 5.69 Å². The molecule has 0 unspecified atom stereocenters. The van der Waals surface area contributed by atoms with Gasteiger partial charge in [0.25, 0.3) is 0 Å². The van der Waals surface area contributed by atoms with E-state index in [1.54, 1.807) is 6.92 Å². The van der Waals surface area contributed by atoms with Gasteiger partial charge < -0.3 is 14.3 Å². The number of hydrogen-bond acceptors (Lipinski definition) is 4. The number of aromatic nitrogens is 3. The van der Waals surface area contributed by atoms with Gasteiger partial charge in [0.15, 0.2) is 0 Å². The number of fused-ring (bicyclic) bond motifs is 3. The van der Waals surface area contributed by atoms with Crippen molar-refractivity contribution in [3.05, 3.63) is 54.2 Å². The van der Waals surface area contributed by atoms with Crippen LogP contribution in [0.3, 0.4) is 0 Å². The lowest BCUT2D eigenvalue weighted by Crippen LogP contribution is -2.07. The Morgan fingerprint density at radius 1 is 1.08 bits per heavy atom. The molecular formula is C19H20N4O. The Balaban J connectivity index is 1.76. The van der Waals surface area contributed by atoms with Crippen LogP contribution in [0.2, 0.25) is 0 Å². The molecule has 0 radical (unpaired) electrons. The van der Waals surface area contributed by atoms with Gasteiger partial charge in [0.05, 0.1) is 0 Å². The zero-order valence-corrected chi connectivity index (χ0v) is 14.1. The minimum Gasteiger partial charge on any atom is -0.423 e. The Labute approximate surface area is 140 Å². The fourth-order valence-corrected chi connectivity index (χ4v) is 3.28. The van der Waals surface area contributed by atoms with Crippen LogP contribution in [-0.4, -0.2) is 14.8 Å². The van der Waals surface area contributed by atoms with Gasteiger partial charge >= 0.3 is 0 Å². The number of anilines is 1. The molecule has 0 saturated carbocycles. The van der Waals surface area contributed by atoms with Crippen LogP contribution in [0, 0.1) is 6.92 Å². The SMILES string of the molecule is CCn1c2ccccc2c2cc(N[C@@H](C)c3nnc(C)o3)ccc21. The molecule has 0 fully saturated rings. The molecule has 122 valence electrons. The summed E-state index contributed by atoms with van der Waals surface area (Å²) < 4.78 is 7.85. The van der Waals surface area contributed by atoms with E-state index in [2.05, 4.69) is 69.5 Å². The lowest BCUT2D eigenvalue weighted by atomic mass is 10.1. The van der Waals surface area contributed by atoms with E-state index in [0.717, 1.165) is 12.2 Å². The van der Waals surface area contributed by atoms with Crippen molar-refractivity contribution in [2.24, 2.45) is 0 Å². The van der Waals surface area contributed by atoms with E-state index in [-0.39, 0.29) is 6.04 Å². The van der Waals surface area contributed by atoms with Crippen molar-refractivity contribution in [3.8, 4) is 0 Å². The van der Waals surface area contributed by atoms with Gasteiger partial charge in [-0.25, -0.2) is 0 Å². The van der Waals surface area contributed by atoms with Crippen molar-refractivity contribution in [2.75, 3.05) is 5.32 Å². The molecule has 2 aromatic heterocycles. The smallest absolute Gasteiger partial charge is 0.238 e. The molecule has 24 heavy (non-hydrogen) atoms. The molecule has 1 atom stereocenters. The van der Waals surface area contributed by atoms with Gasteiger partial charge in [-0.3, -0.25) is 0 Å². The van der Waals surface area contributed by atoms with Gasteiger partial charge in [0.1, 0.15) is 6.04 Å². The highest BCUT2D eigenvalue weighted by Crippen LogP contribution is 2.31. The predicted molar refractivity (Wildman–Crippen MR) is 96.2 cm³/mol. The normalized spacial score (nSPS) is 12.8. The minimum atomic E-state index is -0.0387. The molecule has 1 N–H and O–H groups in total. The van der Waals surface area contributed by atoms with Crippen molar-refractivity contribution in [3.63, 3.8) is 0 Å². The fourth-order valence-electron chi connectivity index (χ4n) is 3.28. The molecule has 0 spiro atoms. The molecule has 0 aliphatic rings. The molecule has 5 nitrogen and oxygen atoms in total. The second-order valence-electron chi connectivity index (χ2n) is 6.02. The van der Waals surface area contributed by atoms with Crippen LogP contribution in [0.25, 0.3) is 21.8 Å². The number of aryl methyl sites for hydroxylation is 2. The van der Waals surface area contributed by atoms with Crippen LogP contribution in [0.15, 0.2) is 46.9 Å². The monoisotopic (exact) mass is 320 g/mol. The summed E-state index contributed by atoms with van der Waals surface area (Å²) in [5.74, 6) is 1.18. The maximum absolute atomic E-state index is 5.51. The lowest BCUT2D eigenvalue weighted by Gasteiger charge is -2.12. The van der Waals surface area contributed by atoms with E-state index >= 15 is 0 Å². The zero-order valence-electron chi connectivity index (χ0n) is 14.1. The summed E-state index contributed by atoms with van der Waals surface area (Å²) in [6.07, 6.45) is 0. The first-order valence-corrected chi connectivity index (χ1v) is 8.25. The molecule has 4 rings (SSSR count). The summed E-state index contributed by atoms with van der Waals surface area (Å²) in [5.41, 5.74) is 3.57. The summed E-state index contributed by atoms with van der Waals surface area (Å²) >= 11 is 0. The average molecular weight is 320 g/mol. The fraction of sp³-hybridized carbons (Fsp3) is 0.263. The molecule has 0 amide bonds. The van der Waals surface area contributed by atoms with Crippen molar-refractivity contribution < 1.29 is 4.42 Å². The van der Waals surface area contributed by atoms with Crippen LogP contribution in [0.1, 0.15) is 31.7 Å². The van der Waals surface area contributed by atoms with E-state index in [9.17, 15) is 0 Å². The number of rotatable bonds is 4. The number of nitrogens with one attached hydrogen (secondary N) is 1.